The smallest absolute Gasteiger partial charge is 0.322 e. The van der Waals surface area contributed by atoms with Crippen molar-refractivity contribution < 1.29 is 23.8 Å². The van der Waals surface area contributed by atoms with Gasteiger partial charge in [0, 0.05) is 12.2 Å². The molecule has 2 aromatic rings. The van der Waals surface area contributed by atoms with Crippen LogP contribution in [0.1, 0.15) is 43.0 Å². The summed E-state index contributed by atoms with van der Waals surface area (Å²) in [5.74, 6) is 0.912. The Labute approximate surface area is 183 Å². The van der Waals surface area contributed by atoms with Crippen LogP contribution in [-0.2, 0) is 16.0 Å². The second-order valence-electron chi connectivity index (χ2n) is 7.35. The van der Waals surface area contributed by atoms with Crippen LogP contribution in [0.2, 0.25) is 0 Å². The highest BCUT2D eigenvalue weighted by Gasteiger charge is 2.34. The summed E-state index contributed by atoms with van der Waals surface area (Å²) < 4.78 is 16.5. The number of esters is 1. The van der Waals surface area contributed by atoms with Gasteiger partial charge in [0.25, 0.3) is 0 Å². The van der Waals surface area contributed by atoms with Crippen molar-refractivity contribution in [2.45, 2.75) is 39.7 Å². The third-order valence-corrected chi connectivity index (χ3v) is 5.40. The Balaban J connectivity index is 1.97. The molecule has 1 unspecified atom stereocenters. The van der Waals surface area contributed by atoms with Crippen LogP contribution in [0.15, 0.2) is 36.4 Å². The molecule has 0 saturated carbocycles. The maximum atomic E-state index is 13.2. The Hall–Kier alpha value is -3.22. The van der Waals surface area contributed by atoms with Crippen molar-refractivity contribution in [3.05, 3.63) is 53.1 Å². The number of anilines is 1. The minimum atomic E-state index is -0.463. The van der Waals surface area contributed by atoms with Crippen LogP contribution < -0.4 is 14.8 Å². The fourth-order valence-electron chi connectivity index (χ4n) is 3.85. The summed E-state index contributed by atoms with van der Waals surface area (Å²) in [5, 5.41) is 2.98. The Kier molecular flexibility index (Phi) is 7.39. The zero-order valence-electron chi connectivity index (χ0n) is 18.6. The van der Waals surface area contributed by atoms with E-state index in [1.165, 1.54) is 7.11 Å². The van der Waals surface area contributed by atoms with Crippen molar-refractivity contribution in [1.29, 1.82) is 0 Å². The van der Waals surface area contributed by atoms with Crippen molar-refractivity contribution in [2.24, 2.45) is 0 Å². The number of aryl methyl sites for hydroxylation is 1. The van der Waals surface area contributed by atoms with Crippen LogP contribution >= 0.6 is 0 Å². The molecule has 0 aliphatic carbocycles. The van der Waals surface area contributed by atoms with E-state index in [0.717, 1.165) is 22.4 Å². The molecule has 1 aliphatic heterocycles. The van der Waals surface area contributed by atoms with E-state index in [9.17, 15) is 9.59 Å². The first kappa shape index (κ1) is 22.5. The first-order chi connectivity index (χ1) is 15.0. The largest absolute Gasteiger partial charge is 0.490 e. The normalized spacial score (nSPS) is 15.1. The Morgan fingerprint density at radius 2 is 1.77 bits per heavy atom. The molecule has 31 heavy (non-hydrogen) atoms. The number of para-hydroxylation sites is 1. The summed E-state index contributed by atoms with van der Waals surface area (Å²) in [6.07, 6.45) is 0.713. The molecule has 7 nitrogen and oxygen atoms in total. The zero-order valence-corrected chi connectivity index (χ0v) is 18.6. The molecule has 1 aliphatic rings. The number of urea groups is 1. The standard InChI is InChI=1S/C24H30N2O5/c1-5-30-21-13-17-11-12-26(24(28)25-19-10-8-7-9-16(19)3)20(15-23(27)29-4)18(17)14-22(21)31-6-2/h7-10,13-14,20H,5-6,11-12,15H2,1-4H3,(H,25,28). The summed E-state index contributed by atoms with van der Waals surface area (Å²) in [5.41, 5.74) is 3.64. The summed E-state index contributed by atoms with van der Waals surface area (Å²) in [6.45, 7) is 7.26. The van der Waals surface area contributed by atoms with Gasteiger partial charge in [0.15, 0.2) is 11.5 Å². The van der Waals surface area contributed by atoms with Gasteiger partial charge >= 0.3 is 12.0 Å². The fourth-order valence-corrected chi connectivity index (χ4v) is 3.85. The van der Waals surface area contributed by atoms with Crippen molar-refractivity contribution in [1.82, 2.24) is 4.90 Å². The van der Waals surface area contributed by atoms with Gasteiger partial charge in [0.2, 0.25) is 0 Å². The van der Waals surface area contributed by atoms with E-state index >= 15 is 0 Å². The van der Waals surface area contributed by atoms with Crippen molar-refractivity contribution in [3.8, 4) is 11.5 Å². The molecule has 7 heteroatoms. The third-order valence-electron chi connectivity index (χ3n) is 5.40. The van der Waals surface area contributed by atoms with Gasteiger partial charge in [-0.05, 0) is 62.1 Å². The lowest BCUT2D eigenvalue weighted by atomic mass is 9.90. The summed E-state index contributed by atoms with van der Waals surface area (Å²) >= 11 is 0. The second-order valence-corrected chi connectivity index (χ2v) is 7.35. The number of fused-ring (bicyclic) bond motifs is 1. The first-order valence-electron chi connectivity index (χ1n) is 10.6. The molecular weight excluding hydrogens is 396 g/mol. The van der Waals surface area contributed by atoms with E-state index in [1.807, 2.05) is 57.2 Å². The lowest BCUT2D eigenvalue weighted by Gasteiger charge is -2.37. The van der Waals surface area contributed by atoms with Gasteiger partial charge in [0.1, 0.15) is 0 Å². The van der Waals surface area contributed by atoms with Crippen LogP contribution in [0.3, 0.4) is 0 Å². The van der Waals surface area contributed by atoms with Gasteiger partial charge in [-0.2, -0.15) is 0 Å². The number of amides is 2. The van der Waals surface area contributed by atoms with E-state index in [-0.39, 0.29) is 18.4 Å². The number of hydrogen-bond acceptors (Lipinski definition) is 5. The molecule has 1 heterocycles. The van der Waals surface area contributed by atoms with Gasteiger partial charge in [0.05, 0.1) is 32.8 Å². The van der Waals surface area contributed by atoms with Crippen LogP contribution in [0.4, 0.5) is 10.5 Å². The summed E-state index contributed by atoms with van der Waals surface area (Å²) in [6, 6.07) is 10.8. The highest BCUT2D eigenvalue weighted by atomic mass is 16.5. The van der Waals surface area contributed by atoms with Gasteiger partial charge in [-0.1, -0.05) is 18.2 Å². The lowest BCUT2D eigenvalue weighted by molar-refractivity contribution is -0.141. The molecule has 166 valence electrons. The van der Waals surface area contributed by atoms with Gasteiger partial charge in [-0.3, -0.25) is 4.79 Å². The molecule has 0 aromatic heterocycles. The van der Waals surface area contributed by atoms with E-state index in [4.69, 9.17) is 14.2 Å². The molecule has 0 saturated heterocycles. The van der Waals surface area contributed by atoms with E-state index in [0.29, 0.717) is 37.7 Å². The maximum Gasteiger partial charge on any atom is 0.322 e. The van der Waals surface area contributed by atoms with E-state index < -0.39 is 6.04 Å². The molecule has 2 amide bonds. The number of nitrogens with one attached hydrogen (secondary N) is 1. The molecule has 3 rings (SSSR count). The molecule has 0 fully saturated rings. The fraction of sp³-hybridized carbons (Fsp3) is 0.417. The van der Waals surface area contributed by atoms with Gasteiger partial charge < -0.3 is 24.4 Å². The number of ether oxygens (including phenoxy) is 3. The predicted molar refractivity (Wildman–Crippen MR) is 119 cm³/mol. The average Bonchev–Trinajstić information content (AvgIpc) is 2.76. The zero-order chi connectivity index (χ0) is 22.4. The number of hydrogen-bond donors (Lipinski definition) is 1. The SMILES string of the molecule is CCOc1cc2c(cc1OCC)C(CC(=O)OC)N(C(=O)Nc1ccccc1C)CC2. The van der Waals surface area contributed by atoms with Gasteiger partial charge in [-0.15, -0.1) is 0 Å². The number of carbonyl (C=O) groups excluding carboxylic acids is 2. The molecule has 2 aromatic carbocycles. The minimum absolute atomic E-state index is 0.0598. The maximum absolute atomic E-state index is 13.2. The second kappa shape index (κ2) is 10.2. The van der Waals surface area contributed by atoms with Crippen molar-refractivity contribution in [2.75, 3.05) is 32.2 Å². The average molecular weight is 427 g/mol. The quantitative estimate of drug-likeness (QED) is 0.660. The lowest BCUT2D eigenvalue weighted by Crippen LogP contribution is -2.43. The minimum Gasteiger partial charge on any atom is -0.490 e. The Bertz CT molecular complexity index is 944. The predicted octanol–water partition coefficient (Wildman–Crippen LogP) is 4.49. The number of rotatable bonds is 7. The topological polar surface area (TPSA) is 77.1 Å². The van der Waals surface area contributed by atoms with Crippen LogP contribution in [0.25, 0.3) is 0 Å². The van der Waals surface area contributed by atoms with Crippen LogP contribution in [0, 0.1) is 6.92 Å². The molecule has 0 radical (unpaired) electrons. The van der Waals surface area contributed by atoms with Crippen molar-refractivity contribution in [3.63, 3.8) is 0 Å². The molecule has 1 N–H and O–H groups in total. The first-order valence-corrected chi connectivity index (χ1v) is 10.6. The van der Waals surface area contributed by atoms with Gasteiger partial charge in [-0.25, -0.2) is 4.79 Å². The molecule has 0 spiro atoms. The number of benzene rings is 2. The monoisotopic (exact) mass is 426 g/mol. The number of methoxy groups -OCH3 is 1. The number of carbonyl (C=O) groups is 2. The molecule has 0 bridgehead atoms. The van der Waals surface area contributed by atoms with Crippen molar-refractivity contribution >= 4 is 17.7 Å². The highest BCUT2D eigenvalue weighted by Crippen LogP contribution is 2.40. The highest BCUT2D eigenvalue weighted by molar-refractivity contribution is 5.91. The van der Waals surface area contributed by atoms with Crippen LogP contribution in [0.5, 0.6) is 11.5 Å². The third kappa shape index (κ3) is 5.10. The molecular formula is C24H30N2O5. The van der Waals surface area contributed by atoms with Crippen LogP contribution in [-0.4, -0.2) is 43.8 Å². The van der Waals surface area contributed by atoms with E-state index in [1.54, 1.807) is 4.90 Å². The Morgan fingerprint density at radius 3 is 2.42 bits per heavy atom. The molecule has 1 atom stereocenters. The summed E-state index contributed by atoms with van der Waals surface area (Å²) in [4.78, 5) is 27.1. The summed E-state index contributed by atoms with van der Waals surface area (Å²) in [7, 11) is 1.35. The van der Waals surface area contributed by atoms with E-state index in [2.05, 4.69) is 5.32 Å². The Morgan fingerprint density at radius 1 is 1.10 bits per heavy atom. The number of nitrogens with zero attached hydrogens (tertiary/aromatic N) is 1.